The Morgan fingerprint density at radius 3 is 2.56 bits per heavy atom. The molecular weight excluding hydrogens is 322 g/mol. The molecule has 2 N–H and O–H groups in total. The summed E-state index contributed by atoms with van der Waals surface area (Å²) in [7, 11) is 3.31. The van der Waals surface area contributed by atoms with Crippen molar-refractivity contribution in [2.24, 2.45) is 11.3 Å². The summed E-state index contributed by atoms with van der Waals surface area (Å²) in [4.78, 5) is 38.5. The first kappa shape index (κ1) is 21.4. The monoisotopic (exact) mass is 355 g/mol. The van der Waals surface area contributed by atoms with Crippen molar-refractivity contribution in [3.05, 3.63) is 0 Å². The molecule has 0 aromatic heterocycles. The van der Waals surface area contributed by atoms with E-state index in [0.29, 0.717) is 26.1 Å². The van der Waals surface area contributed by atoms with Gasteiger partial charge in [0.1, 0.15) is 0 Å². The quantitative estimate of drug-likeness (QED) is 0.718. The zero-order valence-corrected chi connectivity index (χ0v) is 16.2. The Kier molecular flexibility index (Phi) is 8.35. The number of likely N-dealkylation sites (N-methyl/N-ethyl adjacent to an activating group) is 1. The molecule has 0 aromatic rings. The first-order valence-electron chi connectivity index (χ1n) is 8.96. The highest BCUT2D eigenvalue weighted by Gasteiger charge is 2.29. The van der Waals surface area contributed by atoms with Crippen molar-refractivity contribution in [3.63, 3.8) is 0 Å². The molecule has 0 spiro atoms. The molecule has 1 saturated heterocycles. The fourth-order valence-electron chi connectivity index (χ4n) is 2.77. The van der Waals surface area contributed by atoms with Crippen molar-refractivity contribution >= 4 is 17.7 Å². The van der Waals surface area contributed by atoms with E-state index in [1.54, 1.807) is 19.1 Å². The van der Waals surface area contributed by atoms with Crippen molar-refractivity contribution in [2.75, 3.05) is 33.9 Å². The Morgan fingerprint density at radius 1 is 1.28 bits per heavy atom. The van der Waals surface area contributed by atoms with Crippen LogP contribution in [0.25, 0.3) is 0 Å². The van der Waals surface area contributed by atoms with Gasteiger partial charge >= 0.3 is 0 Å². The second-order valence-electron chi connectivity index (χ2n) is 7.81. The number of carbonyl (C=O) groups is 3. The predicted molar refractivity (Wildman–Crippen MR) is 95.9 cm³/mol. The summed E-state index contributed by atoms with van der Waals surface area (Å²) >= 11 is 0. The van der Waals surface area contributed by atoms with Gasteiger partial charge in [0.15, 0.2) is 0 Å². The van der Waals surface area contributed by atoms with E-state index in [4.69, 9.17) is 4.74 Å². The van der Waals surface area contributed by atoms with Crippen molar-refractivity contribution in [1.29, 1.82) is 0 Å². The fraction of sp³-hybridized carbons (Fsp3) is 0.833. The van der Waals surface area contributed by atoms with Gasteiger partial charge in [-0.15, -0.1) is 0 Å². The highest BCUT2D eigenvalue weighted by atomic mass is 16.5. The summed E-state index contributed by atoms with van der Waals surface area (Å²) in [6, 6.07) is -0.0871. The third-order valence-electron chi connectivity index (χ3n) is 4.44. The SMILES string of the molecule is COCCNC(=O)[C@@H]1CCC[C@@H](NC(=O)C(C)(C)C)CN(C)C(=O)C1. The van der Waals surface area contributed by atoms with Gasteiger partial charge in [-0.3, -0.25) is 14.4 Å². The van der Waals surface area contributed by atoms with Crippen LogP contribution in [0, 0.1) is 11.3 Å². The van der Waals surface area contributed by atoms with E-state index in [2.05, 4.69) is 10.6 Å². The second kappa shape index (κ2) is 9.75. The largest absolute Gasteiger partial charge is 0.383 e. The lowest BCUT2D eigenvalue weighted by molar-refractivity contribution is -0.136. The standard InChI is InChI=1S/C18H33N3O4/c1-18(2,3)17(24)20-14-8-6-7-13(11-15(22)21(4)12-14)16(23)19-9-10-25-5/h13-14H,6-12H2,1-5H3,(H,19,23)(H,20,24)/t13-,14-/m1/s1. The van der Waals surface area contributed by atoms with Crippen molar-refractivity contribution in [2.45, 2.75) is 52.5 Å². The first-order valence-corrected chi connectivity index (χ1v) is 8.96. The maximum Gasteiger partial charge on any atom is 0.225 e. The highest BCUT2D eigenvalue weighted by molar-refractivity contribution is 5.86. The van der Waals surface area contributed by atoms with E-state index in [-0.39, 0.29) is 36.1 Å². The number of hydrogen-bond acceptors (Lipinski definition) is 4. The molecule has 0 unspecified atom stereocenters. The number of methoxy groups -OCH3 is 1. The van der Waals surface area contributed by atoms with E-state index in [0.717, 1.165) is 12.8 Å². The van der Waals surface area contributed by atoms with E-state index in [9.17, 15) is 14.4 Å². The van der Waals surface area contributed by atoms with E-state index in [1.807, 2.05) is 20.8 Å². The molecule has 0 bridgehead atoms. The molecule has 0 aromatic carbocycles. The summed E-state index contributed by atoms with van der Waals surface area (Å²) in [6.07, 6.45) is 2.38. The molecule has 0 aliphatic carbocycles. The second-order valence-corrected chi connectivity index (χ2v) is 7.81. The van der Waals surface area contributed by atoms with Gasteiger partial charge in [0.2, 0.25) is 17.7 Å². The lowest BCUT2D eigenvalue weighted by Crippen LogP contribution is -2.47. The summed E-state index contributed by atoms with van der Waals surface area (Å²) in [5.74, 6) is -0.518. The Labute approximate surface area is 150 Å². The van der Waals surface area contributed by atoms with Gasteiger partial charge in [0, 0.05) is 51.0 Å². The van der Waals surface area contributed by atoms with Crippen LogP contribution in [0.1, 0.15) is 46.5 Å². The van der Waals surface area contributed by atoms with Crippen LogP contribution in [0.4, 0.5) is 0 Å². The molecule has 144 valence electrons. The van der Waals surface area contributed by atoms with Gasteiger partial charge in [-0.05, 0) is 12.8 Å². The Bertz CT molecular complexity index is 473. The first-order chi connectivity index (χ1) is 11.6. The Balaban J connectivity index is 2.69. The summed E-state index contributed by atoms with van der Waals surface area (Å²) in [5.41, 5.74) is -0.467. The summed E-state index contributed by atoms with van der Waals surface area (Å²) in [5, 5.41) is 5.86. The summed E-state index contributed by atoms with van der Waals surface area (Å²) in [6.45, 7) is 6.97. The molecule has 1 aliphatic heterocycles. The number of rotatable bonds is 5. The molecule has 7 nitrogen and oxygen atoms in total. The third kappa shape index (κ3) is 7.42. The Hall–Kier alpha value is -1.63. The van der Waals surface area contributed by atoms with Crippen molar-refractivity contribution in [3.8, 4) is 0 Å². The lowest BCUT2D eigenvalue weighted by Gasteiger charge is -2.27. The third-order valence-corrected chi connectivity index (χ3v) is 4.44. The minimum Gasteiger partial charge on any atom is -0.383 e. The molecule has 7 heteroatoms. The lowest BCUT2D eigenvalue weighted by atomic mass is 9.94. The van der Waals surface area contributed by atoms with Gasteiger partial charge in [0.05, 0.1) is 6.61 Å². The van der Waals surface area contributed by atoms with E-state index < -0.39 is 5.41 Å². The average molecular weight is 355 g/mol. The van der Waals surface area contributed by atoms with Gasteiger partial charge in [0.25, 0.3) is 0 Å². The molecule has 0 radical (unpaired) electrons. The topological polar surface area (TPSA) is 87.7 Å². The molecule has 3 amide bonds. The predicted octanol–water partition coefficient (Wildman–Crippen LogP) is 0.929. The minimum absolute atomic E-state index is 0.0218. The van der Waals surface area contributed by atoms with Crippen LogP contribution in [0.15, 0.2) is 0 Å². The molecule has 1 aliphatic rings. The van der Waals surface area contributed by atoms with Crippen LogP contribution in [-0.2, 0) is 19.1 Å². The average Bonchev–Trinajstić information content (AvgIpc) is 2.58. The number of carbonyl (C=O) groups excluding carboxylic acids is 3. The highest BCUT2D eigenvalue weighted by Crippen LogP contribution is 2.20. The molecular formula is C18H33N3O4. The van der Waals surface area contributed by atoms with Gasteiger partial charge in [-0.1, -0.05) is 27.2 Å². The normalized spacial score (nSPS) is 22.6. The van der Waals surface area contributed by atoms with Crippen LogP contribution in [-0.4, -0.2) is 62.5 Å². The van der Waals surface area contributed by atoms with Gasteiger partial charge in [-0.2, -0.15) is 0 Å². The number of amides is 3. The Morgan fingerprint density at radius 2 is 1.96 bits per heavy atom. The van der Waals surface area contributed by atoms with E-state index in [1.165, 1.54) is 0 Å². The van der Waals surface area contributed by atoms with Crippen LogP contribution >= 0.6 is 0 Å². The number of nitrogens with zero attached hydrogens (tertiary/aromatic N) is 1. The van der Waals surface area contributed by atoms with Crippen LogP contribution in [0.5, 0.6) is 0 Å². The molecule has 1 heterocycles. The van der Waals surface area contributed by atoms with Crippen LogP contribution in [0.2, 0.25) is 0 Å². The molecule has 0 saturated carbocycles. The van der Waals surface area contributed by atoms with Crippen molar-refractivity contribution in [1.82, 2.24) is 15.5 Å². The molecule has 1 fully saturated rings. The maximum absolute atomic E-state index is 12.4. The zero-order valence-electron chi connectivity index (χ0n) is 16.2. The van der Waals surface area contributed by atoms with E-state index >= 15 is 0 Å². The minimum atomic E-state index is -0.467. The number of hydrogen-bond donors (Lipinski definition) is 2. The molecule has 25 heavy (non-hydrogen) atoms. The number of nitrogens with one attached hydrogen (secondary N) is 2. The molecule has 1 rings (SSSR count). The zero-order chi connectivity index (χ0) is 19.0. The van der Waals surface area contributed by atoms with Gasteiger partial charge in [-0.25, -0.2) is 0 Å². The smallest absolute Gasteiger partial charge is 0.225 e. The maximum atomic E-state index is 12.4. The van der Waals surface area contributed by atoms with Crippen molar-refractivity contribution < 1.29 is 19.1 Å². The van der Waals surface area contributed by atoms with Crippen LogP contribution < -0.4 is 10.6 Å². The van der Waals surface area contributed by atoms with Crippen LogP contribution in [0.3, 0.4) is 0 Å². The summed E-state index contributed by atoms with van der Waals surface area (Å²) < 4.78 is 4.93. The van der Waals surface area contributed by atoms with Gasteiger partial charge < -0.3 is 20.3 Å². The fourth-order valence-corrected chi connectivity index (χ4v) is 2.77. The number of ether oxygens (including phenoxy) is 1. The molecule has 2 atom stereocenters.